The third-order valence-electron chi connectivity index (χ3n) is 2.13. The van der Waals surface area contributed by atoms with Gasteiger partial charge in [0.15, 0.2) is 11.6 Å². The van der Waals surface area contributed by atoms with Crippen LogP contribution in [0.25, 0.3) is 11.3 Å². The predicted molar refractivity (Wildman–Crippen MR) is 52.6 cm³/mol. The van der Waals surface area contributed by atoms with Gasteiger partial charge in [0.05, 0.1) is 6.61 Å². The molecule has 0 atom stereocenters. The summed E-state index contributed by atoms with van der Waals surface area (Å²) in [4.78, 5) is 0. The molecular formula is C11H9F2NO2. The van der Waals surface area contributed by atoms with Crippen molar-refractivity contribution in [3.05, 3.63) is 41.7 Å². The summed E-state index contributed by atoms with van der Waals surface area (Å²) in [6, 6.07) is 5.09. The topological polar surface area (TPSA) is 46.3 Å². The van der Waals surface area contributed by atoms with Gasteiger partial charge in [0.2, 0.25) is 0 Å². The lowest BCUT2D eigenvalue weighted by atomic mass is 10.1. The van der Waals surface area contributed by atoms with Gasteiger partial charge >= 0.3 is 0 Å². The second kappa shape index (κ2) is 4.40. The van der Waals surface area contributed by atoms with Crippen molar-refractivity contribution in [1.82, 2.24) is 5.16 Å². The zero-order valence-electron chi connectivity index (χ0n) is 8.28. The van der Waals surface area contributed by atoms with Crippen LogP contribution in [-0.2, 0) is 6.42 Å². The Morgan fingerprint density at radius 2 is 2.00 bits per heavy atom. The lowest BCUT2D eigenvalue weighted by molar-refractivity contribution is 0.277. The molecule has 0 aliphatic carbocycles. The third-order valence-corrected chi connectivity index (χ3v) is 2.13. The number of aromatic nitrogens is 1. The van der Waals surface area contributed by atoms with Crippen molar-refractivity contribution >= 4 is 0 Å². The smallest absolute Gasteiger partial charge is 0.159 e. The summed E-state index contributed by atoms with van der Waals surface area (Å²) < 4.78 is 30.5. The standard InChI is InChI=1S/C11H9F2NO2/c12-9-2-1-7(5-10(9)13)11-6-8(3-4-15)16-14-11/h1-2,5-6,15H,3-4H2. The monoisotopic (exact) mass is 225 g/mol. The van der Waals surface area contributed by atoms with Gasteiger partial charge in [-0.2, -0.15) is 0 Å². The van der Waals surface area contributed by atoms with Crippen LogP contribution in [0.4, 0.5) is 8.78 Å². The van der Waals surface area contributed by atoms with Gasteiger partial charge in [-0.25, -0.2) is 8.78 Å². The zero-order valence-corrected chi connectivity index (χ0v) is 8.28. The number of halogens is 2. The van der Waals surface area contributed by atoms with Crippen molar-refractivity contribution in [3.8, 4) is 11.3 Å². The fraction of sp³-hybridized carbons (Fsp3) is 0.182. The minimum absolute atomic E-state index is 0.0492. The molecule has 1 aromatic carbocycles. The van der Waals surface area contributed by atoms with E-state index in [1.54, 1.807) is 6.07 Å². The summed E-state index contributed by atoms with van der Waals surface area (Å²) in [5.41, 5.74) is 0.856. The van der Waals surface area contributed by atoms with Crippen molar-refractivity contribution in [2.75, 3.05) is 6.61 Å². The van der Waals surface area contributed by atoms with Gasteiger partial charge in [-0.1, -0.05) is 5.16 Å². The largest absolute Gasteiger partial charge is 0.396 e. The maximum Gasteiger partial charge on any atom is 0.159 e. The van der Waals surface area contributed by atoms with E-state index in [-0.39, 0.29) is 6.61 Å². The van der Waals surface area contributed by atoms with E-state index in [2.05, 4.69) is 5.16 Å². The molecule has 1 aromatic heterocycles. The lowest BCUT2D eigenvalue weighted by Gasteiger charge is -1.96. The molecule has 0 bridgehead atoms. The molecule has 0 unspecified atom stereocenters. The van der Waals surface area contributed by atoms with Crippen LogP contribution in [0.15, 0.2) is 28.8 Å². The van der Waals surface area contributed by atoms with Crippen LogP contribution in [0.5, 0.6) is 0 Å². The molecule has 0 fully saturated rings. The zero-order chi connectivity index (χ0) is 11.5. The van der Waals surface area contributed by atoms with Crippen molar-refractivity contribution in [2.45, 2.75) is 6.42 Å². The number of hydrogen-bond acceptors (Lipinski definition) is 3. The number of hydrogen-bond donors (Lipinski definition) is 1. The highest BCUT2D eigenvalue weighted by molar-refractivity contribution is 5.58. The minimum atomic E-state index is -0.927. The first-order valence-electron chi connectivity index (χ1n) is 4.72. The van der Waals surface area contributed by atoms with Crippen molar-refractivity contribution in [2.24, 2.45) is 0 Å². The molecule has 1 N–H and O–H groups in total. The first-order chi connectivity index (χ1) is 7.70. The molecule has 0 saturated carbocycles. The molecule has 0 aliphatic rings. The van der Waals surface area contributed by atoms with E-state index in [4.69, 9.17) is 9.63 Å². The van der Waals surface area contributed by atoms with E-state index in [1.165, 1.54) is 6.07 Å². The average molecular weight is 225 g/mol. The predicted octanol–water partition coefficient (Wildman–Crippen LogP) is 2.15. The van der Waals surface area contributed by atoms with E-state index in [0.717, 1.165) is 12.1 Å². The van der Waals surface area contributed by atoms with E-state index >= 15 is 0 Å². The number of benzene rings is 1. The van der Waals surface area contributed by atoms with Crippen LogP contribution >= 0.6 is 0 Å². The highest BCUT2D eigenvalue weighted by Gasteiger charge is 2.09. The minimum Gasteiger partial charge on any atom is -0.396 e. The molecule has 1 heterocycles. The van der Waals surface area contributed by atoms with Crippen LogP contribution < -0.4 is 0 Å². The van der Waals surface area contributed by atoms with E-state index < -0.39 is 11.6 Å². The Morgan fingerprint density at radius 3 is 2.69 bits per heavy atom. The summed E-state index contributed by atoms with van der Waals surface area (Å²) in [5.74, 6) is -1.32. The summed E-state index contributed by atoms with van der Waals surface area (Å²) in [7, 11) is 0. The SMILES string of the molecule is OCCc1cc(-c2ccc(F)c(F)c2)no1. The highest BCUT2D eigenvalue weighted by atomic mass is 19.2. The fourth-order valence-electron chi connectivity index (χ4n) is 1.33. The molecular weight excluding hydrogens is 216 g/mol. The Bertz CT molecular complexity index is 496. The van der Waals surface area contributed by atoms with Gasteiger partial charge in [-0.15, -0.1) is 0 Å². The molecule has 3 nitrogen and oxygen atoms in total. The van der Waals surface area contributed by atoms with Gasteiger partial charge < -0.3 is 9.63 Å². The van der Waals surface area contributed by atoms with Gasteiger partial charge in [-0.05, 0) is 18.2 Å². The first-order valence-corrected chi connectivity index (χ1v) is 4.72. The maximum absolute atomic E-state index is 12.9. The van der Waals surface area contributed by atoms with E-state index in [9.17, 15) is 8.78 Å². The molecule has 2 rings (SSSR count). The Labute approximate surface area is 90.3 Å². The number of rotatable bonds is 3. The van der Waals surface area contributed by atoms with Crippen LogP contribution in [0.2, 0.25) is 0 Å². The third kappa shape index (κ3) is 2.09. The Kier molecular flexibility index (Phi) is 2.96. The Morgan fingerprint density at radius 1 is 1.19 bits per heavy atom. The lowest BCUT2D eigenvalue weighted by Crippen LogP contribution is -1.86. The highest BCUT2D eigenvalue weighted by Crippen LogP contribution is 2.21. The Balaban J connectivity index is 2.31. The summed E-state index contributed by atoms with van der Waals surface area (Å²) in [5, 5.41) is 12.4. The second-order valence-corrected chi connectivity index (χ2v) is 3.28. The van der Waals surface area contributed by atoms with Crippen molar-refractivity contribution in [3.63, 3.8) is 0 Å². The molecule has 0 radical (unpaired) electrons. The van der Waals surface area contributed by atoms with Gasteiger partial charge in [0.25, 0.3) is 0 Å². The Hall–Kier alpha value is -1.75. The van der Waals surface area contributed by atoms with Gasteiger partial charge in [0, 0.05) is 18.1 Å². The molecule has 16 heavy (non-hydrogen) atoms. The summed E-state index contributed by atoms with van der Waals surface area (Å²) in [6.45, 7) is -0.0492. The number of aliphatic hydroxyl groups excluding tert-OH is 1. The quantitative estimate of drug-likeness (QED) is 0.870. The molecule has 0 spiro atoms. The van der Waals surface area contributed by atoms with Crippen molar-refractivity contribution < 1.29 is 18.4 Å². The molecule has 0 saturated heterocycles. The molecule has 2 aromatic rings. The molecule has 0 aliphatic heterocycles. The molecule has 5 heteroatoms. The summed E-state index contributed by atoms with van der Waals surface area (Å²) >= 11 is 0. The van der Waals surface area contributed by atoms with Crippen LogP contribution in [0, 0.1) is 11.6 Å². The fourth-order valence-corrected chi connectivity index (χ4v) is 1.33. The molecule has 0 amide bonds. The summed E-state index contributed by atoms with van der Waals surface area (Å²) in [6.07, 6.45) is 0.344. The first kappa shape index (κ1) is 10.8. The van der Waals surface area contributed by atoms with E-state index in [1.807, 2.05) is 0 Å². The number of nitrogens with zero attached hydrogens (tertiary/aromatic N) is 1. The second-order valence-electron chi connectivity index (χ2n) is 3.28. The van der Waals surface area contributed by atoms with E-state index in [0.29, 0.717) is 23.4 Å². The van der Waals surface area contributed by atoms with Crippen LogP contribution in [0.1, 0.15) is 5.76 Å². The van der Waals surface area contributed by atoms with Crippen molar-refractivity contribution in [1.29, 1.82) is 0 Å². The normalized spacial score (nSPS) is 10.7. The number of aliphatic hydroxyl groups is 1. The van der Waals surface area contributed by atoms with Crippen LogP contribution in [0.3, 0.4) is 0 Å². The average Bonchev–Trinajstić information content (AvgIpc) is 2.71. The maximum atomic E-state index is 12.9. The molecule has 84 valence electrons. The van der Waals surface area contributed by atoms with Gasteiger partial charge in [0.1, 0.15) is 11.5 Å². The van der Waals surface area contributed by atoms with Crippen LogP contribution in [-0.4, -0.2) is 16.9 Å². The van der Waals surface area contributed by atoms with Gasteiger partial charge in [-0.3, -0.25) is 0 Å².